The Labute approximate surface area is 111 Å². The van der Waals surface area contributed by atoms with Crippen molar-refractivity contribution in [3.8, 4) is 0 Å². The third kappa shape index (κ3) is 4.50. The van der Waals surface area contributed by atoms with E-state index in [1.165, 1.54) is 6.08 Å². The smallest absolute Gasteiger partial charge is 0.648 e. The fourth-order valence-corrected chi connectivity index (χ4v) is 1.06. The monoisotopic (exact) mass is 311 g/mol. The second-order valence-electron chi connectivity index (χ2n) is 2.69. The van der Waals surface area contributed by atoms with E-state index in [1.54, 1.807) is 0 Å². The van der Waals surface area contributed by atoms with Crippen molar-refractivity contribution in [2.45, 2.75) is 18.6 Å². The number of rotatable bonds is 3. The van der Waals surface area contributed by atoms with Crippen LogP contribution in [0.5, 0.6) is 0 Å². The van der Waals surface area contributed by atoms with E-state index in [0.717, 1.165) is 0 Å². The normalized spacial score (nSPS) is 26.2. The van der Waals surface area contributed by atoms with Crippen LogP contribution < -0.4 is 0 Å². The van der Waals surface area contributed by atoms with Gasteiger partial charge >= 0.3 is 41.3 Å². The van der Waals surface area contributed by atoms with Gasteiger partial charge in [-0.3, -0.25) is 4.79 Å². The Morgan fingerprint density at radius 1 is 1.77 bits per heavy atom. The molecule has 0 amide bonds. The molecule has 0 radical (unpaired) electrons. The van der Waals surface area contributed by atoms with E-state index in [2.05, 4.69) is 11.9 Å². The van der Waals surface area contributed by atoms with Gasteiger partial charge in [0.05, 0.1) is 0 Å². The van der Waals surface area contributed by atoms with Crippen molar-refractivity contribution in [2.75, 3.05) is 13.2 Å². The molecule has 5 heteroatoms. The van der Waals surface area contributed by atoms with Gasteiger partial charge in [-0.2, -0.15) is 0 Å². The van der Waals surface area contributed by atoms with Crippen LogP contribution in [-0.4, -0.2) is 36.4 Å². The van der Waals surface area contributed by atoms with Gasteiger partial charge in [0.2, 0.25) is 0 Å². The SMILES string of the molecule is C=CCOC(=O)C1CC(O)C[N-]1.[Pr+3]. The Kier molecular flexibility index (Phi) is 7.14. The van der Waals surface area contributed by atoms with E-state index in [9.17, 15) is 4.79 Å². The average Bonchev–Trinajstić information content (AvgIpc) is 2.47. The number of aliphatic hydroxyl groups is 1. The molecule has 1 N–H and O–H groups in total. The summed E-state index contributed by atoms with van der Waals surface area (Å²) in [5.41, 5.74) is 0. The zero-order valence-corrected chi connectivity index (χ0v) is 11.1. The Morgan fingerprint density at radius 2 is 2.46 bits per heavy atom. The Bertz CT molecular complexity index is 186. The summed E-state index contributed by atoms with van der Waals surface area (Å²) in [5, 5.41) is 13.0. The van der Waals surface area contributed by atoms with Crippen LogP contribution in [-0.2, 0) is 9.53 Å². The van der Waals surface area contributed by atoms with Gasteiger partial charge in [-0.25, -0.2) is 0 Å². The predicted octanol–water partition coefficient (Wildman–Crippen LogP) is 0.222. The molecule has 0 saturated carbocycles. The molecule has 1 rings (SSSR count). The average molecular weight is 311 g/mol. The molecule has 1 fully saturated rings. The topological polar surface area (TPSA) is 60.6 Å². The zero-order chi connectivity index (χ0) is 8.97. The Balaban J connectivity index is 0.00000144. The number of aliphatic hydroxyl groups excluding tert-OH is 1. The quantitative estimate of drug-likeness (QED) is 0.599. The summed E-state index contributed by atoms with van der Waals surface area (Å²) < 4.78 is 4.76. The summed E-state index contributed by atoms with van der Waals surface area (Å²) in [5.74, 6) is -0.369. The van der Waals surface area contributed by atoms with Gasteiger partial charge in [-0.1, -0.05) is 12.7 Å². The van der Waals surface area contributed by atoms with Crippen molar-refractivity contribution in [3.63, 3.8) is 0 Å². The van der Waals surface area contributed by atoms with Gasteiger partial charge < -0.3 is 15.2 Å². The zero-order valence-electron chi connectivity index (χ0n) is 7.35. The summed E-state index contributed by atoms with van der Waals surface area (Å²) >= 11 is 0. The molecule has 1 saturated heterocycles. The summed E-state index contributed by atoms with van der Waals surface area (Å²) in [7, 11) is 0. The summed E-state index contributed by atoms with van der Waals surface area (Å²) in [6.45, 7) is 3.97. The van der Waals surface area contributed by atoms with Gasteiger partial charge in [0, 0.05) is 6.10 Å². The number of esters is 1. The Hall–Kier alpha value is 0.494. The summed E-state index contributed by atoms with van der Waals surface area (Å²) in [6.07, 6.45) is 1.41. The first-order chi connectivity index (χ1) is 5.74. The van der Waals surface area contributed by atoms with E-state index >= 15 is 0 Å². The molecule has 0 aromatic rings. The van der Waals surface area contributed by atoms with Crippen molar-refractivity contribution >= 4 is 5.97 Å². The predicted molar refractivity (Wildman–Crippen MR) is 43.8 cm³/mol. The number of nitrogens with zero attached hydrogens (tertiary/aromatic N) is 1. The molecule has 68 valence electrons. The van der Waals surface area contributed by atoms with E-state index in [-0.39, 0.29) is 53.9 Å². The van der Waals surface area contributed by atoms with Gasteiger partial charge in [0.1, 0.15) is 6.61 Å². The Morgan fingerprint density at radius 3 is 2.92 bits per heavy atom. The van der Waals surface area contributed by atoms with E-state index in [0.29, 0.717) is 13.0 Å². The largest absolute Gasteiger partial charge is 3.00 e. The van der Waals surface area contributed by atoms with Crippen LogP contribution in [0.15, 0.2) is 12.7 Å². The van der Waals surface area contributed by atoms with Crippen LogP contribution in [0.3, 0.4) is 0 Å². The van der Waals surface area contributed by atoms with Crippen LogP contribution in [0, 0.1) is 41.3 Å². The molecule has 1 aliphatic rings. The fourth-order valence-electron chi connectivity index (χ4n) is 1.06. The fraction of sp³-hybridized carbons (Fsp3) is 0.625. The first-order valence-electron chi connectivity index (χ1n) is 3.86. The van der Waals surface area contributed by atoms with Gasteiger partial charge in [-0.05, 0) is 12.5 Å². The molecule has 2 unspecified atom stereocenters. The molecule has 1 heterocycles. The van der Waals surface area contributed by atoms with Crippen molar-refractivity contribution in [1.82, 2.24) is 0 Å². The minimum absolute atomic E-state index is 0. The van der Waals surface area contributed by atoms with E-state index < -0.39 is 12.1 Å². The third-order valence-electron chi connectivity index (χ3n) is 1.65. The maximum atomic E-state index is 11.1. The van der Waals surface area contributed by atoms with Gasteiger partial charge in [0.15, 0.2) is 0 Å². The van der Waals surface area contributed by atoms with Crippen molar-refractivity contribution in [1.29, 1.82) is 0 Å². The molecule has 4 nitrogen and oxygen atoms in total. The number of carbonyl (C=O) groups excluding carboxylic acids is 1. The molecule has 0 aromatic heterocycles. The molecule has 0 bridgehead atoms. The maximum Gasteiger partial charge on any atom is 3.00 e. The molecular weight excluding hydrogens is 299 g/mol. The van der Waals surface area contributed by atoms with E-state index in [4.69, 9.17) is 9.84 Å². The maximum absolute atomic E-state index is 11.1. The van der Waals surface area contributed by atoms with Crippen LogP contribution in [0.4, 0.5) is 0 Å². The molecule has 13 heavy (non-hydrogen) atoms. The first-order valence-corrected chi connectivity index (χ1v) is 3.86. The van der Waals surface area contributed by atoms with E-state index in [1.807, 2.05) is 0 Å². The minimum Gasteiger partial charge on any atom is -0.648 e. The van der Waals surface area contributed by atoms with Crippen LogP contribution >= 0.6 is 0 Å². The molecular formula is C8H12NO3Pr+2. The molecule has 0 aliphatic carbocycles. The van der Waals surface area contributed by atoms with Crippen LogP contribution in [0.1, 0.15) is 6.42 Å². The van der Waals surface area contributed by atoms with Gasteiger partial charge in [-0.15, -0.1) is 6.54 Å². The molecule has 2 atom stereocenters. The van der Waals surface area contributed by atoms with Crippen molar-refractivity contribution < 1.29 is 55.9 Å². The second-order valence-corrected chi connectivity index (χ2v) is 2.69. The minimum atomic E-state index is -0.480. The summed E-state index contributed by atoms with van der Waals surface area (Å²) in [4.78, 5) is 11.1. The molecule has 0 spiro atoms. The summed E-state index contributed by atoms with van der Waals surface area (Å²) in [6, 6.07) is -0.472. The third-order valence-corrected chi connectivity index (χ3v) is 1.65. The number of ether oxygens (including phenoxy) is 1. The first kappa shape index (κ1) is 13.5. The van der Waals surface area contributed by atoms with Crippen LogP contribution in [0.2, 0.25) is 0 Å². The van der Waals surface area contributed by atoms with Gasteiger partial charge in [0.25, 0.3) is 5.97 Å². The molecule has 1 aliphatic heterocycles. The van der Waals surface area contributed by atoms with Crippen molar-refractivity contribution in [3.05, 3.63) is 18.0 Å². The molecule has 0 aromatic carbocycles. The second kappa shape index (κ2) is 6.88. The number of hydrogen-bond acceptors (Lipinski definition) is 3. The standard InChI is InChI=1S/C8H12NO3.Pr/c1-2-3-12-8(11)7-4-6(10)5-9-7;/h2,6-7,10H,1,3-5H2;/q-1;+3. The van der Waals surface area contributed by atoms with Crippen molar-refractivity contribution in [2.24, 2.45) is 0 Å². The number of hydrogen-bond donors (Lipinski definition) is 1. The number of carbonyl (C=O) groups is 1. The van der Waals surface area contributed by atoms with Crippen LogP contribution in [0.25, 0.3) is 5.32 Å².